The second kappa shape index (κ2) is 3.40. The molecule has 0 bridgehead atoms. The Hall–Kier alpha value is -0.300. The highest BCUT2D eigenvalue weighted by Crippen LogP contribution is 2.30. The Balaban J connectivity index is 2.50. The van der Waals surface area contributed by atoms with E-state index in [-0.39, 0.29) is 0 Å². The summed E-state index contributed by atoms with van der Waals surface area (Å²) >= 11 is 0. The molecule has 1 fully saturated rings. The van der Waals surface area contributed by atoms with Crippen molar-refractivity contribution >= 4 is 0 Å². The maximum Gasteiger partial charge on any atom is 0.0107 e. The molecule has 2 atom stereocenters. The van der Waals surface area contributed by atoms with Gasteiger partial charge < -0.3 is 5.73 Å². The van der Waals surface area contributed by atoms with E-state index in [0.717, 1.165) is 18.3 Å². The molecule has 1 heteroatoms. The standard InChI is InChI=1S/C10H19N/c1-7(2)9-5-4-8(3)6-10(9)11/h7,9-10H,3-6,11H2,1-2H3/t9-,10+/m0/s1. The normalized spacial score (nSPS) is 32.9. The monoisotopic (exact) mass is 153 g/mol. The second-order valence-corrected chi connectivity index (χ2v) is 4.06. The number of rotatable bonds is 1. The minimum Gasteiger partial charge on any atom is -0.327 e. The second-order valence-electron chi connectivity index (χ2n) is 4.06. The molecule has 1 saturated carbocycles. The van der Waals surface area contributed by atoms with Gasteiger partial charge in [-0.25, -0.2) is 0 Å². The molecule has 1 rings (SSSR count). The summed E-state index contributed by atoms with van der Waals surface area (Å²) in [5.74, 6) is 1.46. The Morgan fingerprint density at radius 2 is 2.18 bits per heavy atom. The van der Waals surface area contributed by atoms with Gasteiger partial charge in [-0.2, -0.15) is 0 Å². The van der Waals surface area contributed by atoms with E-state index < -0.39 is 0 Å². The lowest BCUT2D eigenvalue weighted by Gasteiger charge is -2.32. The predicted molar refractivity (Wildman–Crippen MR) is 49.3 cm³/mol. The molecular formula is C10H19N. The van der Waals surface area contributed by atoms with Gasteiger partial charge in [-0.3, -0.25) is 0 Å². The lowest BCUT2D eigenvalue weighted by Crippen LogP contribution is -2.36. The third-order valence-electron chi connectivity index (χ3n) is 2.76. The molecule has 0 saturated heterocycles. The lowest BCUT2D eigenvalue weighted by molar-refractivity contribution is 0.271. The Bertz CT molecular complexity index is 149. The first kappa shape index (κ1) is 8.79. The third-order valence-corrected chi connectivity index (χ3v) is 2.76. The van der Waals surface area contributed by atoms with Crippen LogP contribution in [0.4, 0.5) is 0 Å². The molecule has 0 aromatic carbocycles. The highest BCUT2D eigenvalue weighted by atomic mass is 14.7. The molecule has 11 heavy (non-hydrogen) atoms. The molecule has 2 N–H and O–H groups in total. The topological polar surface area (TPSA) is 26.0 Å². The van der Waals surface area contributed by atoms with Crippen molar-refractivity contribution in [1.82, 2.24) is 0 Å². The van der Waals surface area contributed by atoms with Crippen LogP contribution in [-0.2, 0) is 0 Å². The van der Waals surface area contributed by atoms with E-state index in [1.54, 1.807) is 0 Å². The van der Waals surface area contributed by atoms with Crippen molar-refractivity contribution in [3.05, 3.63) is 12.2 Å². The number of hydrogen-bond donors (Lipinski definition) is 1. The van der Waals surface area contributed by atoms with Crippen LogP contribution in [-0.4, -0.2) is 6.04 Å². The Morgan fingerprint density at radius 1 is 1.55 bits per heavy atom. The van der Waals surface area contributed by atoms with Gasteiger partial charge in [0.05, 0.1) is 0 Å². The smallest absolute Gasteiger partial charge is 0.0107 e. The highest BCUT2D eigenvalue weighted by Gasteiger charge is 2.25. The molecule has 0 unspecified atom stereocenters. The van der Waals surface area contributed by atoms with Crippen molar-refractivity contribution in [2.75, 3.05) is 0 Å². The van der Waals surface area contributed by atoms with Crippen LogP contribution in [0, 0.1) is 11.8 Å². The Morgan fingerprint density at radius 3 is 2.64 bits per heavy atom. The van der Waals surface area contributed by atoms with E-state index >= 15 is 0 Å². The average molecular weight is 153 g/mol. The Labute approximate surface area is 69.7 Å². The van der Waals surface area contributed by atoms with Crippen LogP contribution < -0.4 is 5.73 Å². The van der Waals surface area contributed by atoms with Crippen LogP contribution in [0.5, 0.6) is 0 Å². The summed E-state index contributed by atoms with van der Waals surface area (Å²) in [6.45, 7) is 8.50. The molecule has 0 aromatic heterocycles. The van der Waals surface area contributed by atoms with Crippen LogP contribution in [0.2, 0.25) is 0 Å². The molecule has 0 radical (unpaired) electrons. The van der Waals surface area contributed by atoms with Crippen molar-refractivity contribution in [3.63, 3.8) is 0 Å². The molecule has 1 aliphatic rings. The average Bonchev–Trinajstić information content (AvgIpc) is 1.85. The van der Waals surface area contributed by atoms with Crippen LogP contribution in [0.3, 0.4) is 0 Å². The lowest BCUT2D eigenvalue weighted by atomic mass is 9.77. The van der Waals surface area contributed by atoms with E-state index in [2.05, 4.69) is 20.4 Å². The van der Waals surface area contributed by atoms with Gasteiger partial charge in [0.25, 0.3) is 0 Å². The zero-order valence-corrected chi connectivity index (χ0v) is 7.64. The van der Waals surface area contributed by atoms with E-state index in [1.807, 2.05) is 0 Å². The fourth-order valence-electron chi connectivity index (χ4n) is 2.00. The minimum atomic E-state index is 0.372. The SMILES string of the molecule is C=C1CC[C@@H](C(C)C)[C@H](N)C1. The van der Waals surface area contributed by atoms with Gasteiger partial charge >= 0.3 is 0 Å². The molecular weight excluding hydrogens is 134 g/mol. The molecule has 0 aliphatic heterocycles. The van der Waals surface area contributed by atoms with Gasteiger partial charge in [-0.15, -0.1) is 0 Å². The molecule has 0 aromatic rings. The predicted octanol–water partition coefficient (Wildman–Crippen LogP) is 2.33. The fourth-order valence-corrected chi connectivity index (χ4v) is 2.00. The highest BCUT2D eigenvalue weighted by molar-refractivity contribution is 5.03. The zero-order chi connectivity index (χ0) is 8.43. The molecule has 1 nitrogen and oxygen atoms in total. The van der Waals surface area contributed by atoms with E-state index in [1.165, 1.54) is 18.4 Å². The van der Waals surface area contributed by atoms with Crippen molar-refractivity contribution in [2.45, 2.75) is 39.2 Å². The first-order valence-corrected chi connectivity index (χ1v) is 4.53. The van der Waals surface area contributed by atoms with Gasteiger partial charge in [0.1, 0.15) is 0 Å². The molecule has 64 valence electrons. The van der Waals surface area contributed by atoms with Crippen molar-refractivity contribution in [1.29, 1.82) is 0 Å². The summed E-state index contributed by atoms with van der Waals surface area (Å²) in [4.78, 5) is 0. The van der Waals surface area contributed by atoms with E-state index in [0.29, 0.717) is 6.04 Å². The summed E-state index contributed by atoms with van der Waals surface area (Å²) in [6, 6.07) is 0.372. The first-order chi connectivity index (χ1) is 5.11. The van der Waals surface area contributed by atoms with Crippen molar-refractivity contribution in [3.8, 4) is 0 Å². The maximum atomic E-state index is 6.01. The van der Waals surface area contributed by atoms with Crippen LogP contribution >= 0.6 is 0 Å². The van der Waals surface area contributed by atoms with Gasteiger partial charge in [-0.05, 0) is 31.1 Å². The van der Waals surface area contributed by atoms with Gasteiger partial charge in [0.15, 0.2) is 0 Å². The number of nitrogens with two attached hydrogens (primary N) is 1. The summed E-state index contributed by atoms with van der Waals surface area (Å²) in [7, 11) is 0. The minimum absolute atomic E-state index is 0.372. The summed E-state index contributed by atoms with van der Waals surface area (Å²) in [5.41, 5.74) is 7.35. The fraction of sp³-hybridized carbons (Fsp3) is 0.800. The van der Waals surface area contributed by atoms with Gasteiger partial charge in [0.2, 0.25) is 0 Å². The molecule has 0 heterocycles. The Kier molecular flexibility index (Phi) is 2.72. The van der Waals surface area contributed by atoms with Gasteiger partial charge in [-0.1, -0.05) is 26.0 Å². The van der Waals surface area contributed by atoms with Crippen LogP contribution in [0.25, 0.3) is 0 Å². The van der Waals surface area contributed by atoms with Crippen LogP contribution in [0.15, 0.2) is 12.2 Å². The summed E-state index contributed by atoms with van der Waals surface area (Å²) in [5, 5.41) is 0. The van der Waals surface area contributed by atoms with E-state index in [4.69, 9.17) is 5.73 Å². The third kappa shape index (κ3) is 2.06. The maximum absolute atomic E-state index is 6.01. The summed E-state index contributed by atoms with van der Waals surface area (Å²) in [6.07, 6.45) is 3.48. The zero-order valence-electron chi connectivity index (χ0n) is 7.64. The molecule has 0 spiro atoms. The van der Waals surface area contributed by atoms with Crippen molar-refractivity contribution < 1.29 is 0 Å². The number of hydrogen-bond acceptors (Lipinski definition) is 1. The first-order valence-electron chi connectivity index (χ1n) is 4.53. The molecule has 0 amide bonds. The quantitative estimate of drug-likeness (QED) is 0.575. The van der Waals surface area contributed by atoms with Gasteiger partial charge in [0, 0.05) is 6.04 Å². The molecule has 1 aliphatic carbocycles. The summed E-state index contributed by atoms with van der Waals surface area (Å²) < 4.78 is 0. The van der Waals surface area contributed by atoms with Crippen molar-refractivity contribution in [2.24, 2.45) is 17.6 Å². The van der Waals surface area contributed by atoms with Crippen LogP contribution in [0.1, 0.15) is 33.1 Å². The van der Waals surface area contributed by atoms with E-state index in [9.17, 15) is 0 Å². The largest absolute Gasteiger partial charge is 0.327 e.